The van der Waals surface area contributed by atoms with Gasteiger partial charge >= 0.3 is 0 Å². The Morgan fingerprint density at radius 1 is 1.00 bits per heavy atom. The molecule has 0 bridgehead atoms. The van der Waals surface area contributed by atoms with Crippen LogP contribution in [0.1, 0.15) is 5.69 Å². The summed E-state index contributed by atoms with van der Waals surface area (Å²) < 4.78 is 2.22. The molecule has 15 heavy (non-hydrogen) atoms. The predicted octanol–water partition coefficient (Wildman–Crippen LogP) is 3.72. The first kappa shape index (κ1) is 10.4. The number of benzene rings is 1. The van der Waals surface area contributed by atoms with Gasteiger partial charge in [0.1, 0.15) is 0 Å². The van der Waals surface area contributed by atoms with E-state index in [9.17, 15) is 0 Å². The van der Waals surface area contributed by atoms with Gasteiger partial charge in [-0.3, -0.25) is 0 Å². The molecule has 1 aromatic carbocycles. The number of hydrogen-bond donors (Lipinski definition) is 0. The summed E-state index contributed by atoms with van der Waals surface area (Å²) in [6, 6.07) is 13.0. The summed E-state index contributed by atoms with van der Waals surface area (Å²) in [6.07, 6.45) is 2.10. The highest BCUT2D eigenvalue weighted by Crippen LogP contribution is 2.24. The van der Waals surface area contributed by atoms with Crippen molar-refractivity contribution in [3.05, 3.63) is 42.1 Å². The van der Waals surface area contributed by atoms with Crippen LogP contribution in [0.25, 0.3) is 11.3 Å². The van der Waals surface area contributed by atoms with Crippen molar-refractivity contribution in [2.45, 2.75) is 11.8 Å². The first-order valence-electron chi connectivity index (χ1n) is 4.99. The Hall–Kier alpha value is -1.15. The van der Waals surface area contributed by atoms with Gasteiger partial charge in [-0.2, -0.15) is 0 Å². The van der Waals surface area contributed by atoms with E-state index in [1.54, 1.807) is 11.8 Å². The van der Waals surface area contributed by atoms with Crippen molar-refractivity contribution in [2.75, 3.05) is 6.26 Å². The quantitative estimate of drug-likeness (QED) is 0.694. The standard InChI is InChI=1S/C13H15NS/c1-10-4-9-13(14(10)2)11-5-7-12(15-3)8-6-11/h4-9H,1-3H3. The summed E-state index contributed by atoms with van der Waals surface area (Å²) in [4.78, 5) is 1.31. The van der Waals surface area contributed by atoms with E-state index >= 15 is 0 Å². The largest absolute Gasteiger partial charge is 0.348 e. The zero-order valence-corrected chi connectivity index (χ0v) is 10.1. The van der Waals surface area contributed by atoms with E-state index in [1.807, 2.05) is 0 Å². The molecule has 0 saturated carbocycles. The van der Waals surface area contributed by atoms with Crippen LogP contribution in [0.3, 0.4) is 0 Å². The molecule has 1 nitrogen and oxygen atoms in total. The number of rotatable bonds is 2. The number of aryl methyl sites for hydroxylation is 1. The fraction of sp³-hybridized carbons (Fsp3) is 0.231. The van der Waals surface area contributed by atoms with E-state index in [0.717, 1.165) is 0 Å². The smallest absolute Gasteiger partial charge is 0.0479 e. The Kier molecular flexibility index (Phi) is 2.87. The lowest BCUT2D eigenvalue weighted by molar-refractivity contribution is 0.891. The van der Waals surface area contributed by atoms with E-state index in [4.69, 9.17) is 0 Å². The fourth-order valence-electron chi connectivity index (χ4n) is 1.66. The van der Waals surface area contributed by atoms with Crippen molar-refractivity contribution >= 4 is 11.8 Å². The molecule has 0 aliphatic carbocycles. The van der Waals surface area contributed by atoms with Crippen LogP contribution in [-0.2, 0) is 7.05 Å². The number of nitrogens with zero attached hydrogens (tertiary/aromatic N) is 1. The average Bonchev–Trinajstić information content (AvgIpc) is 2.60. The van der Waals surface area contributed by atoms with Crippen LogP contribution < -0.4 is 0 Å². The summed E-state index contributed by atoms with van der Waals surface area (Å²) in [5, 5.41) is 0. The van der Waals surface area contributed by atoms with Crippen LogP contribution in [0.15, 0.2) is 41.3 Å². The van der Waals surface area contributed by atoms with Crippen LogP contribution in [0, 0.1) is 6.92 Å². The van der Waals surface area contributed by atoms with Crippen molar-refractivity contribution in [2.24, 2.45) is 7.05 Å². The highest BCUT2D eigenvalue weighted by molar-refractivity contribution is 7.98. The third-order valence-electron chi connectivity index (χ3n) is 2.76. The lowest BCUT2D eigenvalue weighted by Crippen LogP contribution is -1.93. The summed E-state index contributed by atoms with van der Waals surface area (Å²) in [7, 11) is 2.10. The lowest BCUT2D eigenvalue weighted by Gasteiger charge is -2.05. The zero-order valence-electron chi connectivity index (χ0n) is 9.32. The molecule has 1 aromatic heterocycles. The molecule has 2 heteroatoms. The molecular formula is C13H15NS. The molecule has 0 aliphatic heterocycles. The predicted molar refractivity (Wildman–Crippen MR) is 67.4 cm³/mol. The number of hydrogen-bond acceptors (Lipinski definition) is 1. The van der Waals surface area contributed by atoms with Crippen molar-refractivity contribution in [1.82, 2.24) is 4.57 Å². The summed E-state index contributed by atoms with van der Waals surface area (Å²) >= 11 is 1.78. The Bertz CT molecular complexity index is 454. The second-order valence-corrected chi connectivity index (χ2v) is 4.53. The van der Waals surface area contributed by atoms with Gasteiger partial charge in [0.05, 0.1) is 0 Å². The van der Waals surface area contributed by atoms with Gasteiger partial charge in [0.2, 0.25) is 0 Å². The molecule has 2 aromatic rings. The number of aromatic nitrogens is 1. The zero-order chi connectivity index (χ0) is 10.8. The maximum Gasteiger partial charge on any atom is 0.0479 e. The van der Waals surface area contributed by atoms with Gasteiger partial charge in [-0.1, -0.05) is 12.1 Å². The Morgan fingerprint density at radius 2 is 1.67 bits per heavy atom. The summed E-state index contributed by atoms with van der Waals surface area (Å²) in [6.45, 7) is 2.12. The first-order valence-corrected chi connectivity index (χ1v) is 6.21. The van der Waals surface area contributed by atoms with Gasteiger partial charge in [0.25, 0.3) is 0 Å². The van der Waals surface area contributed by atoms with Crippen molar-refractivity contribution in [3.63, 3.8) is 0 Å². The van der Waals surface area contributed by atoms with E-state index in [0.29, 0.717) is 0 Å². The molecule has 0 N–H and O–H groups in total. The van der Waals surface area contributed by atoms with Crippen LogP contribution in [0.4, 0.5) is 0 Å². The molecule has 0 atom stereocenters. The molecule has 0 amide bonds. The van der Waals surface area contributed by atoms with Gasteiger partial charge in [-0.05, 0) is 43.0 Å². The molecule has 1 heterocycles. The topological polar surface area (TPSA) is 4.93 Å². The summed E-state index contributed by atoms with van der Waals surface area (Å²) in [5.74, 6) is 0. The highest BCUT2D eigenvalue weighted by Gasteiger charge is 2.03. The molecule has 0 saturated heterocycles. The van der Waals surface area contributed by atoms with Gasteiger partial charge in [0, 0.05) is 23.3 Å². The summed E-state index contributed by atoms with van der Waals surface area (Å²) in [5.41, 5.74) is 3.85. The van der Waals surface area contributed by atoms with Crippen LogP contribution in [0.5, 0.6) is 0 Å². The SMILES string of the molecule is CSc1ccc(-c2ccc(C)n2C)cc1. The van der Waals surface area contributed by atoms with E-state index in [-0.39, 0.29) is 0 Å². The molecule has 0 spiro atoms. The van der Waals surface area contributed by atoms with Gasteiger partial charge in [0.15, 0.2) is 0 Å². The second kappa shape index (κ2) is 4.15. The van der Waals surface area contributed by atoms with Crippen LogP contribution in [0.2, 0.25) is 0 Å². The van der Waals surface area contributed by atoms with E-state index < -0.39 is 0 Å². The van der Waals surface area contributed by atoms with Crippen molar-refractivity contribution < 1.29 is 0 Å². The molecule has 78 valence electrons. The lowest BCUT2D eigenvalue weighted by atomic mass is 10.1. The molecular weight excluding hydrogens is 202 g/mol. The van der Waals surface area contributed by atoms with Gasteiger partial charge in [-0.15, -0.1) is 11.8 Å². The van der Waals surface area contributed by atoms with E-state index in [2.05, 4.69) is 61.2 Å². The third-order valence-corrected chi connectivity index (χ3v) is 3.50. The monoisotopic (exact) mass is 217 g/mol. The molecule has 0 aliphatic rings. The van der Waals surface area contributed by atoms with Gasteiger partial charge < -0.3 is 4.57 Å². The van der Waals surface area contributed by atoms with Crippen molar-refractivity contribution in [3.8, 4) is 11.3 Å². The second-order valence-electron chi connectivity index (χ2n) is 3.65. The van der Waals surface area contributed by atoms with Crippen LogP contribution >= 0.6 is 11.8 Å². The molecule has 0 unspecified atom stereocenters. The normalized spacial score (nSPS) is 10.6. The maximum atomic E-state index is 2.22. The van der Waals surface area contributed by atoms with E-state index in [1.165, 1.54) is 21.8 Å². The molecule has 0 radical (unpaired) electrons. The minimum absolute atomic E-state index is 1.28. The van der Waals surface area contributed by atoms with Crippen molar-refractivity contribution in [1.29, 1.82) is 0 Å². The fourth-order valence-corrected chi connectivity index (χ4v) is 2.07. The average molecular weight is 217 g/mol. The minimum atomic E-state index is 1.28. The maximum absolute atomic E-state index is 2.22. The van der Waals surface area contributed by atoms with Crippen LogP contribution in [-0.4, -0.2) is 10.8 Å². The minimum Gasteiger partial charge on any atom is -0.348 e. The van der Waals surface area contributed by atoms with Gasteiger partial charge in [-0.25, -0.2) is 0 Å². The molecule has 0 fully saturated rings. The Morgan fingerprint density at radius 3 is 2.13 bits per heavy atom. The Balaban J connectivity index is 2.41. The highest BCUT2D eigenvalue weighted by atomic mass is 32.2. The number of thioether (sulfide) groups is 1. The third kappa shape index (κ3) is 1.95. The first-order chi connectivity index (χ1) is 7.22. The molecule has 2 rings (SSSR count). The Labute approximate surface area is 95.1 Å².